The van der Waals surface area contributed by atoms with Gasteiger partial charge in [0.05, 0.1) is 6.10 Å². The Hall–Kier alpha value is -3.11. The quantitative estimate of drug-likeness (QED) is 0.419. The molecule has 0 spiro atoms. The number of benzene rings is 1. The van der Waals surface area contributed by atoms with Gasteiger partial charge in [-0.3, -0.25) is 9.80 Å². The number of hydrogen-bond acceptors (Lipinski definition) is 9. The topological polar surface area (TPSA) is 92.7 Å². The van der Waals surface area contributed by atoms with Gasteiger partial charge in [0.15, 0.2) is 0 Å². The first kappa shape index (κ1) is 25.2. The summed E-state index contributed by atoms with van der Waals surface area (Å²) in [7, 11) is 0. The highest BCUT2D eigenvalue weighted by Gasteiger charge is 2.32. The molecule has 3 aromatic rings. The highest BCUT2D eigenvalue weighted by Crippen LogP contribution is 2.27. The summed E-state index contributed by atoms with van der Waals surface area (Å²) < 4.78 is 0. The molecule has 3 N–H and O–H groups in total. The van der Waals surface area contributed by atoms with Crippen LogP contribution in [0.5, 0.6) is 0 Å². The van der Waals surface area contributed by atoms with Gasteiger partial charge < -0.3 is 20.6 Å². The predicted molar refractivity (Wildman–Crippen MR) is 151 cm³/mol. The van der Waals surface area contributed by atoms with E-state index in [-0.39, 0.29) is 12.1 Å². The van der Waals surface area contributed by atoms with Gasteiger partial charge in [-0.25, -0.2) is 15.0 Å². The number of aliphatic hydroxyl groups is 1. The normalized spacial score (nSPS) is 28.1. The Kier molecular flexibility index (Phi) is 7.51. The van der Waals surface area contributed by atoms with Crippen molar-refractivity contribution in [1.82, 2.24) is 30.1 Å². The fourth-order valence-corrected chi connectivity index (χ4v) is 5.98. The summed E-state index contributed by atoms with van der Waals surface area (Å²) in [5.74, 6) is 1.48. The number of nitrogens with zero attached hydrogens (tertiary/aromatic N) is 6. The van der Waals surface area contributed by atoms with Gasteiger partial charge in [0.2, 0.25) is 5.95 Å². The molecule has 2 fully saturated rings. The molecule has 2 saturated heterocycles. The van der Waals surface area contributed by atoms with Crippen LogP contribution in [0.4, 0.5) is 17.5 Å². The molecular formula is C29H38N8O. The second kappa shape index (κ2) is 11.3. The minimum absolute atomic E-state index is 0.236. The SMILES string of the molecule is CC1CN2CCNCCC3CC(O)CN3c3ncc(cn3)-c3ccnc(c3)Nc3cccc(c3)CN1CC2. The Morgan fingerprint density at radius 1 is 0.947 bits per heavy atom. The van der Waals surface area contributed by atoms with Gasteiger partial charge >= 0.3 is 0 Å². The van der Waals surface area contributed by atoms with Crippen molar-refractivity contribution in [2.45, 2.75) is 44.5 Å². The monoisotopic (exact) mass is 514 g/mol. The average Bonchev–Trinajstić information content (AvgIpc) is 3.30. The lowest BCUT2D eigenvalue weighted by molar-refractivity contribution is 0.0783. The number of hydrogen-bond donors (Lipinski definition) is 3. The van der Waals surface area contributed by atoms with E-state index in [4.69, 9.17) is 9.97 Å². The van der Waals surface area contributed by atoms with Crippen molar-refractivity contribution < 1.29 is 5.11 Å². The number of piperazine rings is 1. The molecule has 38 heavy (non-hydrogen) atoms. The zero-order valence-corrected chi connectivity index (χ0v) is 22.1. The lowest BCUT2D eigenvalue weighted by Crippen LogP contribution is -2.52. The Labute approximate surface area is 224 Å². The van der Waals surface area contributed by atoms with Gasteiger partial charge in [0.25, 0.3) is 0 Å². The van der Waals surface area contributed by atoms with Gasteiger partial charge in [-0.05, 0) is 61.7 Å². The van der Waals surface area contributed by atoms with Crippen LogP contribution in [0, 0.1) is 0 Å². The molecule has 9 heteroatoms. The van der Waals surface area contributed by atoms with Crippen molar-refractivity contribution in [2.75, 3.05) is 56.0 Å². The summed E-state index contributed by atoms with van der Waals surface area (Å²) in [5, 5.41) is 17.5. The number of anilines is 3. The summed E-state index contributed by atoms with van der Waals surface area (Å²) in [6.07, 6.45) is 6.94. The summed E-state index contributed by atoms with van der Waals surface area (Å²) in [6.45, 7) is 10.1. The zero-order valence-electron chi connectivity index (χ0n) is 22.1. The molecule has 5 atom stereocenters. The van der Waals surface area contributed by atoms with Crippen LogP contribution in [0.25, 0.3) is 11.1 Å². The molecule has 9 rings (SSSR count). The van der Waals surface area contributed by atoms with Crippen molar-refractivity contribution in [3.05, 3.63) is 60.6 Å². The number of rotatable bonds is 0. The maximum atomic E-state index is 10.4. The highest BCUT2D eigenvalue weighted by molar-refractivity contribution is 5.68. The van der Waals surface area contributed by atoms with Crippen LogP contribution < -0.4 is 15.5 Å². The Bertz CT molecular complexity index is 1220. The smallest absolute Gasteiger partial charge is 0.225 e. The first-order valence-corrected chi connectivity index (χ1v) is 13.9. The fraction of sp³-hybridized carbons (Fsp3) is 0.483. The molecule has 2 aromatic heterocycles. The van der Waals surface area contributed by atoms with E-state index in [9.17, 15) is 5.11 Å². The molecule has 9 nitrogen and oxygen atoms in total. The van der Waals surface area contributed by atoms with E-state index in [0.29, 0.717) is 18.5 Å². The van der Waals surface area contributed by atoms with Gasteiger partial charge in [-0.1, -0.05) is 12.1 Å². The largest absolute Gasteiger partial charge is 0.391 e. The molecule has 6 aliphatic heterocycles. The van der Waals surface area contributed by atoms with Gasteiger partial charge in [-0.2, -0.15) is 0 Å². The van der Waals surface area contributed by atoms with Crippen LogP contribution in [0.1, 0.15) is 25.3 Å². The fourth-order valence-electron chi connectivity index (χ4n) is 5.98. The minimum atomic E-state index is -0.341. The molecule has 0 radical (unpaired) electrons. The second-order valence-corrected chi connectivity index (χ2v) is 10.9. The van der Waals surface area contributed by atoms with Crippen molar-refractivity contribution in [3.63, 3.8) is 0 Å². The van der Waals surface area contributed by atoms with Crippen LogP contribution in [-0.4, -0.2) is 93.9 Å². The Morgan fingerprint density at radius 2 is 1.84 bits per heavy atom. The van der Waals surface area contributed by atoms with E-state index >= 15 is 0 Å². The van der Waals surface area contributed by atoms with Crippen molar-refractivity contribution in [1.29, 1.82) is 0 Å². The van der Waals surface area contributed by atoms with Gasteiger partial charge in [-0.15, -0.1) is 0 Å². The van der Waals surface area contributed by atoms with E-state index in [2.05, 4.69) is 61.5 Å². The molecule has 200 valence electrons. The Morgan fingerprint density at radius 3 is 2.71 bits per heavy atom. The molecule has 8 heterocycles. The summed E-state index contributed by atoms with van der Waals surface area (Å²) in [4.78, 5) is 21.3. The van der Waals surface area contributed by atoms with E-state index in [0.717, 1.165) is 81.3 Å². The third kappa shape index (κ3) is 5.81. The first-order valence-electron chi connectivity index (χ1n) is 13.9. The lowest BCUT2D eigenvalue weighted by Gasteiger charge is -2.40. The summed E-state index contributed by atoms with van der Waals surface area (Å²) in [5.41, 5.74) is 4.30. The summed E-state index contributed by atoms with van der Waals surface area (Å²) >= 11 is 0. The molecule has 1 aromatic carbocycles. The van der Waals surface area contributed by atoms with Crippen molar-refractivity contribution >= 4 is 17.5 Å². The van der Waals surface area contributed by atoms with Crippen LogP contribution in [0.2, 0.25) is 0 Å². The summed E-state index contributed by atoms with van der Waals surface area (Å²) in [6, 6.07) is 13.4. The van der Waals surface area contributed by atoms with E-state index in [1.807, 2.05) is 30.7 Å². The number of nitrogens with one attached hydrogen (secondary N) is 2. The van der Waals surface area contributed by atoms with Crippen molar-refractivity contribution in [2.24, 2.45) is 0 Å². The lowest BCUT2D eigenvalue weighted by atomic mass is 10.1. The molecule has 5 unspecified atom stereocenters. The predicted octanol–water partition coefficient (Wildman–Crippen LogP) is 2.72. The number of aromatic nitrogens is 3. The molecule has 8 bridgehead atoms. The van der Waals surface area contributed by atoms with Crippen LogP contribution in [0.15, 0.2) is 55.0 Å². The minimum Gasteiger partial charge on any atom is -0.391 e. The highest BCUT2D eigenvalue weighted by atomic mass is 16.3. The molecule has 6 aliphatic rings. The Balaban J connectivity index is 1.26. The van der Waals surface area contributed by atoms with E-state index in [1.54, 1.807) is 0 Å². The number of aliphatic hydroxyl groups excluding tert-OH is 1. The third-order valence-corrected chi connectivity index (χ3v) is 8.07. The maximum Gasteiger partial charge on any atom is 0.225 e. The maximum absolute atomic E-state index is 10.4. The average molecular weight is 515 g/mol. The van der Waals surface area contributed by atoms with Crippen LogP contribution >= 0.6 is 0 Å². The molecule has 0 amide bonds. The van der Waals surface area contributed by atoms with Crippen molar-refractivity contribution in [3.8, 4) is 11.1 Å². The standard InChI is InChI=1S/C29H38N8O/c1-21-18-35-10-9-30-7-6-26-15-27(38)20-37(26)29-32-16-24(17-33-29)23-5-8-31-28(14-23)34-25-4-2-3-22(13-25)19-36(21)12-11-35/h2-5,8,13-14,16-17,21,26-27,30,38H,6-7,9-12,15,18-20H2,1H3,(H,31,34). The third-order valence-electron chi connectivity index (χ3n) is 8.07. The first-order chi connectivity index (χ1) is 18.6. The van der Waals surface area contributed by atoms with Gasteiger partial charge in [0, 0.05) is 87.7 Å². The molecular weight excluding hydrogens is 476 g/mol. The molecule has 0 aliphatic carbocycles. The van der Waals surface area contributed by atoms with Crippen LogP contribution in [-0.2, 0) is 6.54 Å². The second-order valence-electron chi connectivity index (χ2n) is 10.9. The zero-order chi connectivity index (χ0) is 25.9. The van der Waals surface area contributed by atoms with Crippen LogP contribution in [0.3, 0.4) is 0 Å². The van der Waals surface area contributed by atoms with E-state index < -0.39 is 0 Å². The van der Waals surface area contributed by atoms with E-state index in [1.165, 1.54) is 5.56 Å². The van der Waals surface area contributed by atoms with Gasteiger partial charge in [0.1, 0.15) is 5.82 Å². The molecule has 0 saturated carbocycles. The number of pyridine rings is 1.